The Morgan fingerprint density at radius 1 is 1.44 bits per heavy atom. The van der Waals surface area contributed by atoms with Crippen molar-refractivity contribution < 1.29 is 5.11 Å². The van der Waals surface area contributed by atoms with Crippen molar-refractivity contribution in [1.29, 1.82) is 0 Å². The Morgan fingerprint density at radius 2 is 2.19 bits per heavy atom. The van der Waals surface area contributed by atoms with Crippen LogP contribution in [-0.4, -0.2) is 24.8 Å². The van der Waals surface area contributed by atoms with Crippen molar-refractivity contribution in [2.45, 2.75) is 19.9 Å². The molecule has 0 fully saturated rings. The number of halogens is 1. The Hall–Kier alpha value is -0.770. The fourth-order valence-electron chi connectivity index (χ4n) is 1.71. The van der Waals surface area contributed by atoms with Gasteiger partial charge in [-0.05, 0) is 31.0 Å². The molecule has 0 saturated heterocycles. The van der Waals surface area contributed by atoms with E-state index in [1.54, 1.807) is 0 Å². The molecule has 90 valence electrons. The Labute approximate surface area is 102 Å². The Balaban J connectivity index is 2.92. The van der Waals surface area contributed by atoms with Crippen molar-refractivity contribution in [3.8, 4) is 0 Å². The van der Waals surface area contributed by atoms with E-state index < -0.39 is 0 Å². The molecule has 0 atom stereocenters. The van der Waals surface area contributed by atoms with Crippen molar-refractivity contribution in [2.75, 3.05) is 24.6 Å². The van der Waals surface area contributed by atoms with Gasteiger partial charge in [0.25, 0.3) is 0 Å². The molecule has 1 aromatic rings. The first-order valence-electron chi connectivity index (χ1n) is 5.57. The summed E-state index contributed by atoms with van der Waals surface area (Å²) in [5, 5.41) is 9.58. The van der Waals surface area contributed by atoms with E-state index in [2.05, 4.69) is 11.8 Å². The van der Waals surface area contributed by atoms with E-state index in [0.717, 1.165) is 35.8 Å². The van der Waals surface area contributed by atoms with Crippen molar-refractivity contribution >= 4 is 17.3 Å². The Bertz CT molecular complexity index is 331. The number of rotatable bonds is 6. The predicted molar refractivity (Wildman–Crippen MR) is 68.9 cm³/mol. The van der Waals surface area contributed by atoms with Crippen LogP contribution in [0.4, 0.5) is 5.69 Å². The highest BCUT2D eigenvalue weighted by Crippen LogP contribution is 2.24. The van der Waals surface area contributed by atoms with Crippen LogP contribution < -0.4 is 10.6 Å². The van der Waals surface area contributed by atoms with Gasteiger partial charge in [0.05, 0.1) is 0 Å². The Morgan fingerprint density at radius 3 is 2.75 bits per heavy atom. The van der Waals surface area contributed by atoms with Gasteiger partial charge < -0.3 is 15.7 Å². The molecule has 4 heteroatoms. The molecule has 0 heterocycles. The van der Waals surface area contributed by atoms with E-state index >= 15 is 0 Å². The predicted octanol–water partition coefficient (Wildman–Crippen LogP) is 2.01. The summed E-state index contributed by atoms with van der Waals surface area (Å²) in [6.07, 6.45) is 0.754. The van der Waals surface area contributed by atoms with Gasteiger partial charge in [-0.3, -0.25) is 0 Å². The highest BCUT2D eigenvalue weighted by atomic mass is 35.5. The van der Waals surface area contributed by atoms with Crippen LogP contribution in [0.3, 0.4) is 0 Å². The van der Waals surface area contributed by atoms with E-state index in [1.165, 1.54) is 0 Å². The van der Waals surface area contributed by atoms with Gasteiger partial charge >= 0.3 is 0 Å². The summed E-state index contributed by atoms with van der Waals surface area (Å²) in [7, 11) is 0. The second-order valence-corrected chi connectivity index (χ2v) is 4.07. The number of aliphatic hydroxyl groups is 1. The molecule has 0 aliphatic heterocycles. The van der Waals surface area contributed by atoms with Crippen LogP contribution in [0.2, 0.25) is 5.02 Å². The molecule has 16 heavy (non-hydrogen) atoms. The van der Waals surface area contributed by atoms with Crippen LogP contribution in [0.5, 0.6) is 0 Å². The van der Waals surface area contributed by atoms with Crippen molar-refractivity contribution in [3.05, 3.63) is 28.8 Å². The van der Waals surface area contributed by atoms with E-state index in [-0.39, 0.29) is 6.61 Å². The quantitative estimate of drug-likeness (QED) is 0.802. The highest BCUT2D eigenvalue weighted by Gasteiger charge is 2.09. The van der Waals surface area contributed by atoms with Crippen molar-refractivity contribution in [3.63, 3.8) is 0 Å². The van der Waals surface area contributed by atoms with E-state index in [4.69, 9.17) is 22.4 Å². The molecule has 0 unspecified atom stereocenters. The van der Waals surface area contributed by atoms with E-state index in [0.29, 0.717) is 6.54 Å². The van der Waals surface area contributed by atoms with Gasteiger partial charge in [0.1, 0.15) is 0 Å². The first-order valence-corrected chi connectivity index (χ1v) is 5.95. The van der Waals surface area contributed by atoms with Gasteiger partial charge in [0, 0.05) is 37.0 Å². The summed E-state index contributed by atoms with van der Waals surface area (Å²) in [4.78, 5) is 2.18. The first kappa shape index (κ1) is 13.3. The third-order valence-corrected chi connectivity index (χ3v) is 2.81. The molecular formula is C12H19ClN2O. The molecule has 0 spiro atoms. The SMILES string of the molecule is CCN(CCCO)c1cc(Cl)ccc1CN. The minimum atomic E-state index is 0.203. The highest BCUT2D eigenvalue weighted by molar-refractivity contribution is 6.30. The molecule has 0 aromatic heterocycles. The third-order valence-electron chi connectivity index (χ3n) is 2.58. The number of nitrogens with zero attached hydrogens (tertiary/aromatic N) is 1. The molecule has 1 aromatic carbocycles. The zero-order chi connectivity index (χ0) is 12.0. The largest absolute Gasteiger partial charge is 0.396 e. The van der Waals surface area contributed by atoms with Crippen LogP contribution in [0.1, 0.15) is 18.9 Å². The van der Waals surface area contributed by atoms with Crippen LogP contribution in [-0.2, 0) is 6.54 Å². The topological polar surface area (TPSA) is 49.5 Å². The van der Waals surface area contributed by atoms with E-state index in [9.17, 15) is 0 Å². The average Bonchev–Trinajstić information content (AvgIpc) is 2.30. The summed E-state index contributed by atoms with van der Waals surface area (Å²) in [6.45, 7) is 4.49. The smallest absolute Gasteiger partial charge is 0.0447 e. The second kappa shape index (κ2) is 6.74. The second-order valence-electron chi connectivity index (χ2n) is 3.63. The fraction of sp³-hybridized carbons (Fsp3) is 0.500. The van der Waals surface area contributed by atoms with Crippen molar-refractivity contribution in [1.82, 2.24) is 0 Å². The molecular weight excluding hydrogens is 224 g/mol. The third kappa shape index (κ3) is 3.37. The average molecular weight is 243 g/mol. The molecule has 0 aliphatic rings. The molecule has 0 bridgehead atoms. The number of benzene rings is 1. The lowest BCUT2D eigenvalue weighted by atomic mass is 10.1. The van der Waals surface area contributed by atoms with E-state index in [1.807, 2.05) is 18.2 Å². The molecule has 0 saturated carbocycles. The van der Waals surface area contributed by atoms with Crippen LogP contribution >= 0.6 is 11.6 Å². The van der Waals surface area contributed by atoms with Gasteiger partial charge in [-0.1, -0.05) is 17.7 Å². The maximum atomic E-state index is 8.86. The number of anilines is 1. The molecule has 0 amide bonds. The van der Waals surface area contributed by atoms with Gasteiger partial charge in [-0.15, -0.1) is 0 Å². The standard InChI is InChI=1S/C12H19ClN2O/c1-2-15(6-3-7-16)12-8-11(13)5-4-10(12)9-14/h4-5,8,16H,2-3,6-7,9,14H2,1H3. The first-order chi connectivity index (χ1) is 7.72. The molecule has 0 aliphatic carbocycles. The molecule has 1 rings (SSSR count). The number of hydrogen-bond donors (Lipinski definition) is 2. The number of hydrogen-bond acceptors (Lipinski definition) is 3. The monoisotopic (exact) mass is 242 g/mol. The zero-order valence-corrected chi connectivity index (χ0v) is 10.4. The maximum absolute atomic E-state index is 8.86. The maximum Gasteiger partial charge on any atom is 0.0447 e. The minimum absolute atomic E-state index is 0.203. The van der Waals surface area contributed by atoms with Gasteiger partial charge in [0.2, 0.25) is 0 Å². The Kier molecular flexibility index (Phi) is 5.60. The van der Waals surface area contributed by atoms with Gasteiger partial charge in [0.15, 0.2) is 0 Å². The zero-order valence-electron chi connectivity index (χ0n) is 9.62. The molecule has 3 N–H and O–H groups in total. The van der Waals surface area contributed by atoms with Crippen LogP contribution in [0.25, 0.3) is 0 Å². The van der Waals surface area contributed by atoms with Crippen LogP contribution in [0.15, 0.2) is 18.2 Å². The summed E-state index contributed by atoms with van der Waals surface area (Å²) in [5.74, 6) is 0. The van der Waals surface area contributed by atoms with Gasteiger partial charge in [-0.25, -0.2) is 0 Å². The molecule has 3 nitrogen and oxygen atoms in total. The number of aliphatic hydroxyl groups excluding tert-OH is 1. The normalized spacial score (nSPS) is 10.5. The molecule has 0 radical (unpaired) electrons. The lowest BCUT2D eigenvalue weighted by Gasteiger charge is -2.25. The van der Waals surface area contributed by atoms with Crippen molar-refractivity contribution in [2.24, 2.45) is 5.73 Å². The number of nitrogens with two attached hydrogens (primary N) is 1. The van der Waals surface area contributed by atoms with Gasteiger partial charge in [-0.2, -0.15) is 0 Å². The summed E-state index contributed by atoms with van der Waals surface area (Å²) in [6, 6.07) is 5.75. The summed E-state index contributed by atoms with van der Waals surface area (Å²) in [5.41, 5.74) is 7.86. The summed E-state index contributed by atoms with van der Waals surface area (Å²) < 4.78 is 0. The lowest BCUT2D eigenvalue weighted by Crippen LogP contribution is -2.26. The van der Waals surface area contributed by atoms with Crippen LogP contribution in [0, 0.1) is 0 Å². The summed E-state index contributed by atoms with van der Waals surface area (Å²) >= 11 is 5.99. The minimum Gasteiger partial charge on any atom is -0.396 e. The fourth-order valence-corrected chi connectivity index (χ4v) is 1.88. The lowest BCUT2D eigenvalue weighted by molar-refractivity contribution is 0.289.